The molecule has 0 saturated carbocycles. The first-order valence-electron chi connectivity index (χ1n) is 10.7. The highest BCUT2D eigenvalue weighted by molar-refractivity contribution is 5.80. The standard InChI is InChI=1S/C21H31N5O4/c1-16(19-5-3-14-30-19)24-21(22-11-4-13-25-12-2-6-20(25)27)23-15-17-7-9-18(10-8-17)26(28)29/h7-10,16,19H,2-6,11-15H2,1H3,(H2,22,23,24). The van der Waals surface area contributed by atoms with Crippen molar-refractivity contribution in [3.63, 3.8) is 0 Å². The minimum Gasteiger partial charge on any atom is -0.376 e. The summed E-state index contributed by atoms with van der Waals surface area (Å²) in [6, 6.07) is 6.56. The van der Waals surface area contributed by atoms with Gasteiger partial charge in [-0.15, -0.1) is 0 Å². The Bertz CT molecular complexity index is 746. The van der Waals surface area contributed by atoms with Crippen molar-refractivity contribution in [3.8, 4) is 0 Å². The third-order valence-corrected chi connectivity index (χ3v) is 5.52. The van der Waals surface area contributed by atoms with E-state index in [1.807, 2.05) is 4.90 Å². The lowest BCUT2D eigenvalue weighted by Crippen LogP contribution is -2.47. The van der Waals surface area contributed by atoms with Crippen LogP contribution in [0, 0.1) is 10.1 Å². The number of hydrogen-bond acceptors (Lipinski definition) is 5. The number of nitro groups is 1. The molecule has 1 aromatic rings. The normalized spacial score (nSPS) is 20.4. The van der Waals surface area contributed by atoms with Crippen LogP contribution in [0.3, 0.4) is 0 Å². The van der Waals surface area contributed by atoms with Gasteiger partial charge in [0.1, 0.15) is 0 Å². The zero-order chi connectivity index (χ0) is 21.3. The van der Waals surface area contributed by atoms with E-state index in [0.29, 0.717) is 25.5 Å². The molecule has 2 N–H and O–H groups in total. The zero-order valence-electron chi connectivity index (χ0n) is 17.5. The minimum absolute atomic E-state index is 0.0719. The molecule has 2 atom stereocenters. The van der Waals surface area contributed by atoms with Gasteiger partial charge in [-0.25, -0.2) is 4.99 Å². The molecular formula is C21H31N5O4. The Morgan fingerprint density at radius 1 is 1.37 bits per heavy atom. The van der Waals surface area contributed by atoms with Crippen molar-refractivity contribution in [2.24, 2.45) is 4.99 Å². The number of nitrogens with zero attached hydrogens (tertiary/aromatic N) is 3. The molecule has 2 aliphatic heterocycles. The highest BCUT2D eigenvalue weighted by Gasteiger charge is 2.23. The third-order valence-electron chi connectivity index (χ3n) is 5.52. The number of hydrogen-bond donors (Lipinski definition) is 2. The maximum absolute atomic E-state index is 11.7. The van der Waals surface area contributed by atoms with E-state index < -0.39 is 4.92 Å². The average Bonchev–Trinajstić information content (AvgIpc) is 3.41. The van der Waals surface area contributed by atoms with Crippen LogP contribution in [0.4, 0.5) is 5.69 Å². The van der Waals surface area contributed by atoms with E-state index in [0.717, 1.165) is 50.9 Å². The van der Waals surface area contributed by atoms with Crippen molar-refractivity contribution in [2.45, 2.75) is 57.7 Å². The molecule has 2 fully saturated rings. The van der Waals surface area contributed by atoms with Crippen LogP contribution in [-0.4, -0.2) is 60.1 Å². The van der Waals surface area contributed by atoms with Gasteiger partial charge in [-0.1, -0.05) is 12.1 Å². The maximum atomic E-state index is 11.7. The Kier molecular flexibility index (Phi) is 8.01. The number of nitrogens with one attached hydrogen (secondary N) is 2. The lowest BCUT2D eigenvalue weighted by molar-refractivity contribution is -0.384. The van der Waals surface area contributed by atoms with E-state index in [9.17, 15) is 14.9 Å². The van der Waals surface area contributed by atoms with Crippen molar-refractivity contribution in [1.82, 2.24) is 15.5 Å². The van der Waals surface area contributed by atoms with Crippen LogP contribution in [0.15, 0.2) is 29.3 Å². The molecule has 0 spiro atoms. The van der Waals surface area contributed by atoms with E-state index in [4.69, 9.17) is 4.74 Å². The fourth-order valence-corrected chi connectivity index (χ4v) is 3.77. The number of benzene rings is 1. The van der Waals surface area contributed by atoms with Gasteiger partial charge in [-0.3, -0.25) is 14.9 Å². The van der Waals surface area contributed by atoms with Crippen LogP contribution < -0.4 is 10.6 Å². The van der Waals surface area contributed by atoms with Crippen molar-refractivity contribution < 1.29 is 14.5 Å². The zero-order valence-corrected chi connectivity index (χ0v) is 17.5. The summed E-state index contributed by atoms with van der Waals surface area (Å²) < 4.78 is 5.77. The molecule has 0 radical (unpaired) electrons. The number of likely N-dealkylation sites (tertiary alicyclic amines) is 1. The third kappa shape index (κ3) is 6.41. The van der Waals surface area contributed by atoms with E-state index in [1.54, 1.807) is 12.1 Å². The fourth-order valence-electron chi connectivity index (χ4n) is 3.77. The Labute approximate surface area is 177 Å². The number of nitro benzene ring substituents is 1. The van der Waals surface area contributed by atoms with Crippen LogP contribution in [0.5, 0.6) is 0 Å². The molecule has 3 rings (SSSR count). The smallest absolute Gasteiger partial charge is 0.269 e. The number of carbonyl (C=O) groups excluding carboxylic acids is 1. The number of ether oxygens (including phenoxy) is 1. The Morgan fingerprint density at radius 3 is 2.80 bits per heavy atom. The molecule has 1 aromatic carbocycles. The SMILES string of the molecule is CC(NC(=NCc1ccc([N+](=O)[O-])cc1)NCCCN1CCCC1=O)C1CCCO1. The largest absolute Gasteiger partial charge is 0.376 e. The van der Waals surface area contributed by atoms with E-state index in [2.05, 4.69) is 22.5 Å². The molecule has 30 heavy (non-hydrogen) atoms. The van der Waals surface area contributed by atoms with Crippen molar-refractivity contribution >= 4 is 17.6 Å². The van der Waals surface area contributed by atoms with E-state index in [-0.39, 0.29) is 23.7 Å². The van der Waals surface area contributed by atoms with Gasteiger partial charge in [0, 0.05) is 44.8 Å². The second-order valence-electron chi connectivity index (χ2n) is 7.84. The van der Waals surface area contributed by atoms with Crippen LogP contribution in [0.2, 0.25) is 0 Å². The molecule has 2 aliphatic rings. The molecule has 0 bridgehead atoms. The Hall–Kier alpha value is -2.68. The molecule has 9 nitrogen and oxygen atoms in total. The molecule has 9 heteroatoms. The van der Waals surface area contributed by atoms with Gasteiger partial charge in [0.05, 0.1) is 23.6 Å². The summed E-state index contributed by atoms with van der Waals surface area (Å²) in [7, 11) is 0. The van der Waals surface area contributed by atoms with Gasteiger partial charge < -0.3 is 20.3 Å². The number of guanidine groups is 1. The lowest BCUT2D eigenvalue weighted by atomic mass is 10.1. The predicted octanol–water partition coefficient (Wildman–Crippen LogP) is 2.21. The molecule has 0 aliphatic carbocycles. The Morgan fingerprint density at radius 2 is 2.17 bits per heavy atom. The summed E-state index contributed by atoms with van der Waals surface area (Å²) in [5, 5.41) is 17.6. The first kappa shape index (κ1) is 22.0. The minimum atomic E-state index is -0.407. The molecule has 1 amide bonds. The van der Waals surface area contributed by atoms with Crippen LogP contribution in [-0.2, 0) is 16.1 Å². The summed E-state index contributed by atoms with van der Waals surface area (Å²) in [5.41, 5.74) is 0.969. The summed E-state index contributed by atoms with van der Waals surface area (Å²) in [6.07, 6.45) is 4.73. The second-order valence-corrected chi connectivity index (χ2v) is 7.84. The summed E-state index contributed by atoms with van der Waals surface area (Å²) >= 11 is 0. The fraction of sp³-hybridized carbons (Fsp3) is 0.619. The van der Waals surface area contributed by atoms with Crippen LogP contribution in [0.1, 0.15) is 44.6 Å². The number of carbonyl (C=O) groups is 1. The molecule has 0 aromatic heterocycles. The maximum Gasteiger partial charge on any atom is 0.269 e. The van der Waals surface area contributed by atoms with Gasteiger partial charge >= 0.3 is 0 Å². The summed E-state index contributed by atoms with van der Waals surface area (Å²) in [6.45, 7) is 5.60. The predicted molar refractivity (Wildman–Crippen MR) is 114 cm³/mol. The number of aliphatic imine (C=N–C) groups is 1. The molecule has 2 heterocycles. The molecule has 2 unspecified atom stereocenters. The Balaban J connectivity index is 1.55. The highest BCUT2D eigenvalue weighted by Crippen LogP contribution is 2.16. The van der Waals surface area contributed by atoms with Gasteiger partial charge in [-0.2, -0.15) is 0 Å². The van der Waals surface area contributed by atoms with Crippen LogP contribution in [0.25, 0.3) is 0 Å². The average molecular weight is 418 g/mol. The monoisotopic (exact) mass is 417 g/mol. The van der Waals surface area contributed by atoms with Crippen molar-refractivity contribution in [3.05, 3.63) is 39.9 Å². The number of amides is 1. The summed E-state index contributed by atoms with van der Waals surface area (Å²) in [4.78, 5) is 28.7. The van der Waals surface area contributed by atoms with E-state index in [1.165, 1.54) is 12.1 Å². The summed E-state index contributed by atoms with van der Waals surface area (Å²) in [5.74, 6) is 0.927. The molecular weight excluding hydrogens is 386 g/mol. The number of rotatable bonds is 9. The van der Waals surface area contributed by atoms with Gasteiger partial charge in [0.2, 0.25) is 5.91 Å². The first-order valence-corrected chi connectivity index (χ1v) is 10.7. The molecule has 2 saturated heterocycles. The number of non-ortho nitro benzene ring substituents is 1. The highest BCUT2D eigenvalue weighted by atomic mass is 16.6. The van der Waals surface area contributed by atoms with Gasteiger partial charge in [-0.05, 0) is 38.2 Å². The van der Waals surface area contributed by atoms with Crippen LogP contribution >= 0.6 is 0 Å². The first-order chi connectivity index (χ1) is 14.5. The van der Waals surface area contributed by atoms with E-state index >= 15 is 0 Å². The second kappa shape index (κ2) is 10.9. The van der Waals surface area contributed by atoms with Gasteiger partial charge in [0.15, 0.2) is 5.96 Å². The quantitative estimate of drug-likeness (QED) is 0.210. The molecule has 164 valence electrons. The van der Waals surface area contributed by atoms with Crippen molar-refractivity contribution in [2.75, 3.05) is 26.2 Å². The topological polar surface area (TPSA) is 109 Å². The lowest BCUT2D eigenvalue weighted by Gasteiger charge is -2.23. The van der Waals surface area contributed by atoms with Gasteiger partial charge in [0.25, 0.3) is 5.69 Å². The van der Waals surface area contributed by atoms with Crippen molar-refractivity contribution in [1.29, 1.82) is 0 Å².